The number of aliphatic hydroxyl groups is 2. The molecule has 1 aromatic heterocycles. The SMILES string of the molecule is C[C@@H]1CN([C@@H](C)CO)C(=O)c2cc(C#C[C@@H](C)O)cnc2O[C@H]1CN(C)C(=O)CC1CC1. The molecule has 0 radical (unpaired) electrons. The number of pyridine rings is 1. The van der Waals surface area contributed by atoms with E-state index in [0.717, 1.165) is 12.8 Å². The summed E-state index contributed by atoms with van der Waals surface area (Å²) in [6.07, 6.45) is 3.12. The fourth-order valence-corrected chi connectivity index (χ4v) is 3.67. The number of hydrogen-bond acceptors (Lipinski definition) is 6. The first kappa shape index (κ1) is 24.0. The largest absolute Gasteiger partial charge is 0.472 e. The van der Waals surface area contributed by atoms with E-state index in [-0.39, 0.29) is 41.9 Å². The number of rotatable bonds is 6. The van der Waals surface area contributed by atoms with Gasteiger partial charge in [-0.25, -0.2) is 4.98 Å². The lowest BCUT2D eigenvalue weighted by Gasteiger charge is -2.37. The van der Waals surface area contributed by atoms with Crippen molar-refractivity contribution in [2.45, 2.75) is 58.3 Å². The van der Waals surface area contributed by atoms with Crippen LogP contribution in [0, 0.1) is 23.7 Å². The number of aliphatic hydroxyl groups excluding tert-OH is 2. The van der Waals surface area contributed by atoms with Gasteiger partial charge >= 0.3 is 0 Å². The first-order valence-electron chi connectivity index (χ1n) is 11.2. The van der Waals surface area contributed by atoms with Gasteiger partial charge in [0.2, 0.25) is 11.8 Å². The molecular weight excluding hydrogens is 410 g/mol. The molecule has 0 aromatic carbocycles. The number of carbonyl (C=O) groups is 2. The third kappa shape index (κ3) is 5.99. The van der Waals surface area contributed by atoms with Gasteiger partial charge in [-0.15, -0.1) is 0 Å². The lowest BCUT2D eigenvalue weighted by Crippen LogP contribution is -2.50. The van der Waals surface area contributed by atoms with Crippen molar-refractivity contribution in [1.82, 2.24) is 14.8 Å². The first-order chi connectivity index (χ1) is 15.2. The van der Waals surface area contributed by atoms with E-state index in [1.807, 2.05) is 6.92 Å². The minimum Gasteiger partial charge on any atom is -0.472 e. The molecule has 174 valence electrons. The Morgan fingerprint density at radius 1 is 1.41 bits per heavy atom. The molecule has 0 saturated heterocycles. The molecule has 32 heavy (non-hydrogen) atoms. The molecule has 2 amide bonds. The molecule has 3 rings (SSSR count). The number of fused-ring (bicyclic) bond motifs is 1. The maximum atomic E-state index is 13.3. The molecule has 0 bridgehead atoms. The number of aromatic nitrogens is 1. The van der Waals surface area contributed by atoms with Gasteiger partial charge in [-0.3, -0.25) is 9.59 Å². The highest BCUT2D eigenvalue weighted by atomic mass is 16.5. The van der Waals surface area contributed by atoms with E-state index in [4.69, 9.17) is 4.74 Å². The Bertz CT molecular complexity index is 903. The van der Waals surface area contributed by atoms with Crippen LogP contribution in [0.15, 0.2) is 12.3 Å². The number of nitrogens with zero attached hydrogens (tertiary/aromatic N) is 3. The molecule has 8 nitrogen and oxygen atoms in total. The smallest absolute Gasteiger partial charge is 0.259 e. The van der Waals surface area contributed by atoms with Gasteiger partial charge < -0.3 is 24.7 Å². The maximum Gasteiger partial charge on any atom is 0.259 e. The number of ether oxygens (including phenoxy) is 1. The Hall–Kier alpha value is -2.63. The van der Waals surface area contributed by atoms with E-state index in [1.54, 1.807) is 36.8 Å². The Morgan fingerprint density at radius 3 is 2.75 bits per heavy atom. The van der Waals surface area contributed by atoms with Gasteiger partial charge in [0.15, 0.2) is 0 Å². The zero-order valence-corrected chi connectivity index (χ0v) is 19.2. The number of carbonyl (C=O) groups excluding carboxylic acids is 2. The lowest BCUT2D eigenvalue weighted by atomic mass is 9.99. The minimum atomic E-state index is -0.802. The van der Waals surface area contributed by atoms with Crippen LogP contribution in [0.25, 0.3) is 0 Å². The summed E-state index contributed by atoms with van der Waals surface area (Å²) in [6.45, 7) is 5.90. The fraction of sp³-hybridized carbons (Fsp3) is 0.625. The first-order valence-corrected chi connectivity index (χ1v) is 11.2. The molecule has 1 saturated carbocycles. The zero-order valence-electron chi connectivity index (χ0n) is 19.2. The second kappa shape index (κ2) is 10.3. The molecule has 8 heteroatoms. The topological polar surface area (TPSA) is 103 Å². The second-order valence-corrected chi connectivity index (χ2v) is 9.07. The van der Waals surface area contributed by atoms with Gasteiger partial charge in [-0.05, 0) is 38.7 Å². The summed E-state index contributed by atoms with van der Waals surface area (Å²) in [4.78, 5) is 33.5. The quantitative estimate of drug-likeness (QED) is 0.643. The van der Waals surface area contributed by atoms with Crippen molar-refractivity contribution in [2.24, 2.45) is 11.8 Å². The van der Waals surface area contributed by atoms with Crippen molar-refractivity contribution in [3.8, 4) is 17.7 Å². The van der Waals surface area contributed by atoms with Gasteiger partial charge in [-0.2, -0.15) is 0 Å². The predicted octanol–water partition coefficient (Wildman–Crippen LogP) is 1.29. The molecule has 2 aliphatic rings. The predicted molar refractivity (Wildman–Crippen MR) is 119 cm³/mol. The summed E-state index contributed by atoms with van der Waals surface area (Å²) < 4.78 is 6.19. The Balaban J connectivity index is 1.91. The minimum absolute atomic E-state index is 0.0891. The highest BCUT2D eigenvalue weighted by molar-refractivity contribution is 5.97. The van der Waals surface area contributed by atoms with Crippen LogP contribution in [0.2, 0.25) is 0 Å². The van der Waals surface area contributed by atoms with Crippen LogP contribution in [0.1, 0.15) is 56.0 Å². The second-order valence-electron chi connectivity index (χ2n) is 9.07. The van der Waals surface area contributed by atoms with Gasteiger partial charge in [0, 0.05) is 37.7 Å². The molecule has 2 heterocycles. The van der Waals surface area contributed by atoms with Crippen LogP contribution in [0.4, 0.5) is 0 Å². The summed E-state index contributed by atoms with van der Waals surface area (Å²) >= 11 is 0. The third-order valence-corrected chi connectivity index (χ3v) is 5.99. The molecule has 0 unspecified atom stereocenters. The molecule has 0 spiro atoms. The van der Waals surface area contributed by atoms with Crippen molar-refractivity contribution < 1.29 is 24.5 Å². The standard InChI is InChI=1S/C24H33N3O5/c1-15-12-27(16(2)14-28)24(31)20-9-19(6-5-17(3)29)11-25-23(20)32-21(15)13-26(4)22(30)10-18-7-8-18/h9,11,15-18,21,28-29H,7-8,10,12-14H2,1-4H3/t15-,16+,17-,21+/m1/s1. The average Bonchev–Trinajstić information content (AvgIpc) is 3.58. The van der Waals surface area contributed by atoms with E-state index in [9.17, 15) is 19.8 Å². The molecule has 2 N–H and O–H groups in total. The van der Waals surface area contributed by atoms with Gasteiger partial charge in [-0.1, -0.05) is 18.8 Å². The average molecular weight is 444 g/mol. The summed E-state index contributed by atoms with van der Waals surface area (Å²) in [6, 6.07) is 1.21. The van der Waals surface area contributed by atoms with Gasteiger partial charge in [0.1, 0.15) is 17.8 Å². The Kier molecular flexibility index (Phi) is 7.75. The van der Waals surface area contributed by atoms with Gasteiger partial charge in [0.05, 0.1) is 19.2 Å². The third-order valence-electron chi connectivity index (χ3n) is 5.99. The van der Waals surface area contributed by atoms with Crippen molar-refractivity contribution in [3.05, 3.63) is 23.4 Å². The maximum absolute atomic E-state index is 13.3. The van der Waals surface area contributed by atoms with Crippen LogP contribution >= 0.6 is 0 Å². The van der Waals surface area contributed by atoms with Crippen molar-refractivity contribution in [1.29, 1.82) is 0 Å². The summed E-state index contributed by atoms with van der Waals surface area (Å²) in [5.74, 6) is 5.86. The van der Waals surface area contributed by atoms with Crippen LogP contribution in [-0.2, 0) is 4.79 Å². The summed E-state index contributed by atoms with van der Waals surface area (Å²) in [7, 11) is 1.78. The summed E-state index contributed by atoms with van der Waals surface area (Å²) in [5, 5.41) is 19.2. The van der Waals surface area contributed by atoms with Crippen molar-refractivity contribution >= 4 is 11.8 Å². The molecule has 1 aliphatic heterocycles. The Labute approximate surface area is 189 Å². The van der Waals surface area contributed by atoms with Gasteiger partial charge in [0.25, 0.3) is 5.91 Å². The van der Waals surface area contributed by atoms with E-state index in [0.29, 0.717) is 31.0 Å². The number of amides is 2. The molecule has 1 aromatic rings. The Morgan fingerprint density at radius 2 is 2.12 bits per heavy atom. The normalized spacial score (nSPS) is 22.4. The van der Waals surface area contributed by atoms with Crippen molar-refractivity contribution in [3.63, 3.8) is 0 Å². The van der Waals surface area contributed by atoms with Crippen LogP contribution in [0.3, 0.4) is 0 Å². The molecule has 1 aliphatic carbocycles. The summed E-state index contributed by atoms with van der Waals surface area (Å²) in [5.41, 5.74) is 0.742. The van der Waals surface area contributed by atoms with E-state index in [2.05, 4.69) is 16.8 Å². The highest BCUT2D eigenvalue weighted by Crippen LogP contribution is 2.33. The van der Waals surface area contributed by atoms with Crippen LogP contribution in [0.5, 0.6) is 5.88 Å². The van der Waals surface area contributed by atoms with Crippen molar-refractivity contribution in [2.75, 3.05) is 26.7 Å². The molecule has 1 fully saturated rings. The van der Waals surface area contributed by atoms with E-state index in [1.165, 1.54) is 6.20 Å². The molecular formula is C24H33N3O5. The zero-order chi connectivity index (χ0) is 23.4. The fourth-order valence-electron chi connectivity index (χ4n) is 3.67. The lowest BCUT2D eigenvalue weighted by molar-refractivity contribution is -0.131. The molecule has 4 atom stereocenters. The van der Waals surface area contributed by atoms with Crippen LogP contribution < -0.4 is 4.74 Å². The monoisotopic (exact) mass is 443 g/mol. The highest BCUT2D eigenvalue weighted by Gasteiger charge is 2.35. The number of likely N-dealkylation sites (N-methyl/N-ethyl adjacent to an activating group) is 1. The number of hydrogen-bond donors (Lipinski definition) is 2. The van der Waals surface area contributed by atoms with Crippen LogP contribution in [-0.4, -0.2) is 81.8 Å². The van der Waals surface area contributed by atoms with E-state index < -0.39 is 12.1 Å². The van der Waals surface area contributed by atoms with E-state index >= 15 is 0 Å².